The lowest BCUT2D eigenvalue weighted by atomic mass is 10.0. The van der Waals surface area contributed by atoms with Crippen molar-refractivity contribution in [1.29, 1.82) is 0 Å². The lowest BCUT2D eigenvalue weighted by Gasteiger charge is -2.17. The third kappa shape index (κ3) is 5.05. The molecule has 2 aromatic carbocycles. The van der Waals surface area contributed by atoms with E-state index in [1.807, 2.05) is 30.3 Å². The van der Waals surface area contributed by atoms with Gasteiger partial charge in [0.05, 0.1) is 18.2 Å². The fraction of sp³-hybridized carbons (Fsp3) is 0.190. The predicted octanol–water partition coefficient (Wildman–Crippen LogP) is 3.38. The SMILES string of the molecule is C[C@@H](NC(=O)c1ccc(=O)n(Cc2ccccc2)n1)c1cc(N)cc(C(F)(F)F)c1. The normalized spacial score (nSPS) is 12.4. The van der Waals surface area contributed by atoms with Crippen LogP contribution in [0.1, 0.15) is 40.1 Å². The van der Waals surface area contributed by atoms with E-state index in [0.717, 1.165) is 22.4 Å². The third-order valence-corrected chi connectivity index (χ3v) is 4.43. The molecular weight excluding hydrogens is 397 g/mol. The van der Waals surface area contributed by atoms with E-state index in [-0.39, 0.29) is 29.0 Å². The first kappa shape index (κ1) is 21.1. The number of carbonyl (C=O) groups excluding carboxylic acids is 1. The lowest BCUT2D eigenvalue weighted by Crippen LogP contribution is -2.31. The Hall–Kier alpha value is -3.62. The Morgan fingerprint density at radius 3 is 2.50 bits per heavy atom. The Morgan fingerprint density at radius 1 is 1.13 bits per heavy atom. The van der Waals surface area contributed by atoms with Gasteiger partial charge in [0.1, 0.15) is 5.69 Å². The summed E-state index contributed by atoms with van der Waals surface area (Å²) in [5, 5.41) is 6.67. The molecule has 9 heteroatoms. The average molecular weight is 416 g/mol. The predicted molar refractivity (Wildman–Crippen MR) is 106 cm³/mol. The second kappa shape index (κ2) is 8.40. The maximum Gasteiger partial charge on any atom is 0.416 e. The van der Waals surface area contributed by atoms with E-state index < -0.39 is 23.7 Å². The highest BCUT2D eigenvalue weighted by Crippen LogP contribution is 2.32. The van der Waals surface area contributed by atoms with Gasteiger partial charge < -0.3 is 11.1 Å². The third-order valence-electron chi connectivity index (χ3n) is 4.43. The van der Waals surface area contributed by atoms with Crippen LogP contribution in [0, 0.1) is 0 Å². The Labute approximate surface area is 170 Å². The number of amides is 1. The summed E-state index contributed by atoms with van der Waals surface area (Å²) >= 11 is 0. The van der Waals surface area contributed by atoms with Gasteiger partial charge in [0.25, 0.3) is 11.5 Å². The van der Waals surface area contributed by atoms with Crippen molar-refractivity contribution >= 4 is 11.6 Å². The van der Waals surface area contributed by atoms with Crippen molar-refractivity contribution in [2.24, 2.45) is 0 Å². The topological polar surface area (TPSA) is 90.0 Å². The molecule has 30 heavy (non-hydrogen) atoms. The highest BCUT2D eigenvalue weighted by molar-refractivity contribution is 5.92. The van der Waals surface area contributed by atoms with Crippen molar-refractivity contribution in [3.05, 3.63) is 93.4 Å². The van der Waals surface area contributed by atoms with Crippen LogP contribution in [0.25, 0.3) is 0 Å². The van der Waals surface area contributed by atoms with Gasteiger partial charge in [-0.25, -0.2) is 4.68 Å². The number of benzene rings is 2. The minimum absolute atomic E-state index is 0.0303. The molecule has 1 atom stereocenters. The number of hydrogen-bond acceptors (Lipinski definition) is 4. The highest BCUT2D eigenvalue weighted by atomic mass is 19.4. The van der Waals surface area contributed by atoms with E-state index in [2.05, 4.69) is 10.4 Å². The van der Waals surface area contributed by atoms with Gasteiger partial charge in [0, 0.05) is 11.8 Å². The van der Waals surface area contributed by atoms with Gasteiger partial charge in [-0.2, -0.15) is 18.3 Å². The van der Waals surface area contributed by atoms with Crippen LogP contribution in [-0.4, -0.2) is 15.7 Å². The standard InChI is InChI=1S/C21H19F3N4O2/c1-13(15-9-16(21(22,23)24)11-17(25)10-15)26-20(30)18-7-8-19(29)28(27-18)12-14-5-3-2-4-6-14/h2-11,13H,12,25H2,1H3,(H,26,30)/t13-/m1/s1. The summed E-state index contributed by atoms with van der Waals surface area (Å²) < 4.78 is 40.2. The largest absolute Gasteiger partial charge is 0.416 e. The van der Waals surface area contributed by atoms with Crippen molar-refractivity contribution in [2.45, 2.75) is 25.7 Å². The monoisotopic (exact) mass is 416 g/mol. The first-order chi connectivity index (χ1) is 14.1. The molecule has 3 aromatic rings. The van der Waals surface area contributed by atoms with E-state index in [4.69, 9.17) is 5.73 Å². The van der Waals surface area contributed by atoms with Crippen LogP contribution in [0.5, 0.6) is 0 Å². The van der Waals surface area contributed by atoms with Crippen molar-refractivity contribution < 1.29 is 18.0 Å². The molecule has 0 aliphatic heterocycles. The molecule has 1 amide bonds. The second-order valence-electron chi connectivity index (χ2n) is 6.78. The van der Waals surface area contributed by atoms with Crippen molar-refractivity contribution in [1.82, 2.24) is 15.1 Å². The zero-order valence-electron chi connectivity index (χ0n) is 16.0. The van der Waals surface area contributed by atoms with Crippen LogP contribution in [0.4, 0.5) is 18.9 Å². The first-order valence-corrected chi connectivity index (χ1v) is 9.04. The van der Waals surface area contributed by atoms with Gasteiger partial charge in [-0.1, -0.05) is 30.3 Å². The van der Waals surface area contributed by atoms with Crippen LogP contribution in [0.3, 0.4) is 0 Å². The summed E-state index contributed by atoms with van der Waals surface area (Å²) in [6.45, 7) is 1.72. The van der Waals surface area contributed by atoms with E-state index >= 15 is 0 Å². The minimum atomic E-state index is -4.55. The molecule has 0 aliphatic carbocycles. The fourth-order valence-corrected chi connectivity index (χ4v) is 2.88. The Kier molecular flexibility index (Phi) is 5.91. The Balaban J connectivity index is 1.80. The number of alkyl halides is 3. The van der Waals surface area contributed by atoms with Gasteiger partial charge in [-0.3, -0.25) is 9.59 Å². The molecule has 0 spiro atoms. The molecular formula is C21H19F3N4O2. The molecule has 0 saturated heterocycles. The molecule has 0 fully saturated rings. The maximum atomic E-state index is 13.0. The van der Waals surface area contributed by atoms with Crippen LogP contribution >= 0.6 is 0 Å². The molecule has 0 aliphatic rings. The van der Waals surface area contributed by atoms with Crippen LogP contribution in [-0.2, 0) is 12.7 Å². The summed E-state index contributed by atoms with van der Waals surface area (Å²) in [4.78, 5) is 24.6. The van der Waals surface area contributed by atoms with Crippen LogP contribution < -0.4 is 16.6 Å². The van der Waals surface area contributed by atoms with Crippen molar-refractivity contribution in [2.75, 3.05) is 5.73 Å². The van der Waals surface area contributed by atoms with Crippen LogP contribution in [0.15, 0.2) is 65.5 Å². The van der Waals surface area contributed by atoms with Gasteiger partial charge in [0.2, 0.25) is 0 Å². The summed E-state index contributed by atoms with van der Waals surface area (Å²) in [6, 6.07) is 14.0. The smallest absolute Gasteiger partial charge is 0.399 e. The number of halogens is 3. The number of rotatable bonds is 5. The highest BCUT2D eigenvalue weighted by Gasteiger charge is 2.31. The number of nitrogens with zero attached hydrogens (tertiary/aromatic N) is 2. The lowest BCUT2D eigenvalue weighted by molar-refractivity contribution is -0.137. The van der Waals surface area contributed by atoms with Crippen LogP contribution in [0.2, 0.25) is 0 Å². The Morgan fingerprint density at radius 2 is 1.83 bits per heavy atom. The minimum Gasteiger partial charge on any atom is -0.399 e. The molecule has 3 N–H and O–H groups in total. The summed E-state index contributed by atoms with van der Waals surface area (Å²) in [5.41, 5.74) is 5.25. The Bertz CT molecular complexity index is 1110. The van der Waals surface area contributed by atoms with E-state index in [9.17, 15) is 22.8 Å². The molecule has 1 heterocycles. The van der Waals surface area contributed by atoms with Gasteiger partial charge in [0.15, 0.2) is 0 Å². The van der Waals surface area contributed by atoms with Gasteiger partial charge in [-0.05, 0) is 42.3 Å². The summed E-state index contributed by atoms with van der Waals surface area (Å²) in [6.07, 6.45) is -4.55. The first-order valence-electron chi connectivity index (χ1n) is 9.04. The molecule has 0 bridgehead atoms. The molecule has 0 saturated carbocycles. The molecule has 0 unspecified atom stereocenters. The summed E-state index contributed by atoms with van der Waals surface area (Å²) in [7, 11) is 0. The quantitative estimate of drug-likeness (QED) is 0.624. The second-order valence-corrected chi connectivity index (χ2v) is 6.78. The summed E-state index contributed by atoms with van der Waals surface area (Å²) in [5.74, 6) is -0.625. The number of hydrogen-bond donors (Lipinski definition) is 2. The number of nitrogens with two attached hydrogens (primary N) is 1. The van der Waals surface area contributed by atoms with E-state index in [1.165, 1.54) is 25.1 Å². The number of anilines is 1. The molecule has 3 rings (SSSR count). The zero-order valence-corrected chi connectivity index (χ0v) is 16.0. The molecule has 0 radical (unpaired) electrons. The molecule has 6 nitrogen and oxygen atoms in total. The van der Waals surface area contributed by atoms with Gasteiger partial charge in [-0.15, -0.1) is 0 Å². The van der Waals surface area contributed by atoms with Crippen molar-refractivity contribution in [3.8, 4) is 0 Å². The van der Waals surface area contributed by atoms with Gasteiger partial charge >= 0.3 is 6.18 Å². The number of aromatic nitrogens is 2. The van der Waals surface area contributed by atoms with Crippen molar-refractivity contribution in [3.63, 3.8) is 0 Å². The number of nitrogen functional groups attached to an aromatic ring is 1. The zero-order chi connectivity index (χ0) is 21.9. The number of carbonyl (C=O) groups is 1. The molecule has 1 aromatic heterocycles. The maximum absolute atomic E-state index is 13.0. The van der Waals surface area contributed by atoms with E-state index in [0.29, 0.717) is 0 Å². The fourth-order valence-electron chi connectivity index (χ4n) is 2.88. The average Bonchev–Trinajstić information content (AvgIpc) is 2.69. The molecule has 156 valence electrons. The number of nitrogens with one attached hydrogen (secondary N) is 1. The van der Waals surface area contributed by atoms with E-state index in [1.54, 1.807) is 0 Å².